The molecule has 1 aromatic carbocycles. The van der Waals surface area contributed by atoms with E-state index in [1.165, 1.54) is 37.0 Å². The fraction of sp³-hybridized carbons (Fsp3) is 0.214. The summed E-state index contributed by atoms with van der Waals surface area (Å²) in [5.41, 5.74) is -0.114. The van der Waals surface area contributed by atoms with E-state index in [0.29, 0.717) is 5.56 Å². The Labute approximate surface area is 119 Å². The van der Waals surface area contributed by atoms with Crippen LogP contribution in [0, 0.1) is 17.1 Å². The first-order chi connectivity index (χ1) is 9.93. The van der Waals surface area contributed by atoms with Crippen molar-refractivity contribution in [1.82, 2.24) is 9.13 Å². The molecule has 2 aromatic rings. The molecule has 0 aliphatic rings. The molecule has 0 saturated heterocycles. The Morgan fingerprint density at radius 1 is 1.33 bits per heavy atom. The Hall–Kier alpha value is -2.88. The maximum Gasteiger partial charge on any atom is 0.330 e. The summed E-state index contributed by atoms with van der Waals surface area (Å²) in [7, 11) is 2.92. The zero-order valence-corrected chi connectivity index (χ0v) is 11.6. The zero-order valence-electron chi connectivity index (χ0n) is 11.6. The number of aryl methyl sites for hydroxylation is 1. The molecule has 0 amide bonds. The number of halogens is 1. The number of aromatic nitrogens is 2. The molecule has 0 unspecified atom stereocenters. The average Bonchev–Trinajstić information content (AvgIpc) is 2.48. The molecule has 6 nitrogen and oxygen atoms in total. The van der Waals surface area contributed by atoms with E-state index in [1.807, 2.05) is 6.07 Å². The van der Waals surface area contributed by atoms with Gasteiger partial charge >= 0.3 is 5.69 Å². The fourth-order valence-electron chi connectivity index (χ4n) is 1.92. The van der Waals surface area contributed by atoms with E-state index in [4.69, 9.17) is 5.26 Å². The van der Waals surface area contributed by atoms with Gasteiger partial charge in [0.05, 0.1) is 22.9 Å². The van der Waals surface area contributed by atoms with E-state index in [-0.39, 0.29) is 17.8 Å². The van der Waals surface area contributed by atoms with Crippen LogP contribution in [0.25, 0.3) is 0 Å². The molecule has 1 heterocycles. The van der Waals surface area contributed by atoms with Gasteiger partial charge in [-0.1, -0.05) is 0 Å². The summed E-state index contributed by atoms with van der Waals surface area (Å²) < 4.78 is 16.0. The summed E-state index contributed by atoms with van der Waals surface area (Å²) >= 11 is 0. The monoisotopic (exact) mass is 288 g/mol. The maximum absolute atomic E-state index is 13.7. The lowest BCUT2D eigenvalue weighted by Crippen LogP contribution is -2.38. The Morgan fingerprint density at radius 2 is 2.05 bits per heavy atom. The van der Waals surface area contributed by atoms with E-state index in [2.05, 4.69) is 5.32 Å². The molecule has 108 valence electrons. The SMILES string of the molecule is Cn1cc(CNc2ccc(C#N)cc2F)c(=O)n(C)c1=O. The number of hydrogen-bond acceptors (Lipinski definition) is 4. The van der Waals surface area contributed by atoms with Gasteiger partial charge in [0, 0.05) is 26.8 Å². The van der Waals surface area contributed by atoms with Gasteiger partial charge in [0.15, 0.2) is 0 Å². The van der Waals surface area contributed by atoms with Crippen molar-refractivity contribution in [2.24, 2.45) is 14.1 Å². The minimum Gasteiger partial charge on any atom is -0.378 e. The van der Waals surface area contributed by atoms with Crippen LogP contribution in [0.15, 0.2) is 34.0 Å². The highest BCUT2D eigenvalue weighted by Gasteiger charge is 2.08. The van der Waals surface area contributed by atoms with Gasteiger partial charge in [-0.2, -0.15) is 5.26 Å². The van der Waals surface area contributed by atoms with E-state index in [0.717, 1.165) is 10.6 Å². The molecule has 0 aliphatic heterocycles. The molecule has 0 saturated carbocycles. The molecule has 0 aliphatic carbocycles. The molecular formula is C14H13FN4O2. The Bertz CT molecular complexity index is 846. The number of rotatable bonds is 3. The van der Waals surface area contributed by atoms with E-state index >= 15 is 0 Å². The predicted octanol–water partition coefficient (Wildman–Crippen LogP) is 0.707. The highest BCUT2D eigenvalue weighted by Crippen LogP contribution is 2.15. The fourth-order valence-corrected chi connectivity index (χ4v) is 1.92. The van der Waals surface area contributed by atoms with Crippen molar-refractivity contribution in [2.75, 3.05) is 5.32 Å². The molecule has 7 heteroatoms. The molecular weight excluding hydrogens is 275 g/mol. The van der Waals surface area contributed by atoms with Crippen molar-refractivity contribution in [3.63, 3.8) is 0 Å². The van der Waals surface area contributed by atoms with Crippen LogP contribution in [0.5, 0.6) is 0 Å². The largest absolute Gasteiger partial charge is 0.378 e. The quantitative estimate of drug-likeness (QED) is 0.902. The minimum absolute atomic E-state index is 0.0730. The number of anilines is 1. The van der Waals surface area contributed by atoms with Gasteiger partial charge in [0.2, 0.25) is 0 Å². The molecule has 1 aromatic heterocycles. The Balaban J connectivity index is 2.27. The number of nitrogens with zero attached hydrogens (tertiary/aromatic N) is 3. The van der Waals surface area contributed by atoms with Gasteiger partial charge in [-0.15, -0.1) is 0 Å². The number of benzene rings is 1. The topological polar surface area (TPSA) is 79.8 Å². The second-order valence-electron chi connectivity index (χ2n) is 4.57. The number of nitrogens with one attached hydrogen (secondary N) is 1. The van der Waals surface area contributed by atoms with Crippen molar-refractivity contribution < 1.29 is 4.39 Å². The van der Waals surface area contributed by atoms with E-state index in [9.17, 15) is 14.0 Å². The van der Waals surface area contributed by atoms with Crippen LogP contribution in [-0.4, -0.2) is 9.13 Å². The molecule has 21 heavy (non-hydrogen) atoms. The molecule has 0 atom stereocenters. The molecule has 0 fully saturated rings. The predicted molar refractivity (Wildman–Crippen MR) is 75.4 cm³/mol. The van der Waals surface area contributed by atoms with E-state index in [1.54, 1.807) is 0 Å². The van der Waals surface area contributed by atoms with Gasteiger partial charge in [-0.25, -0.2) is 9.18 Å². The third kappa shape index (κ3) is 2.84. The highest BCUT2D eigenvalue weighted by atomic mass is 19.1. The van der Waals surface area contributed by atoms with Gasteiger partial charge in [-0.3, -0.25) is 9.36 Å². The summed E-state index contributed by atoms with van der Waals surface area (Å²) in [5, 5.41) is 11.5. The van der Waals surface area contributed by atoms with Crippen LogP contribution in [0.2, 0.25) is 0 Å². The minimum atomic E-state index is -0.573. The van der Waals surface area contributed by atoms with Crippen LogP contribution < -0.4 is 16.6 Å². The zero-order chi connectivity index (χ0) is 15.6. The summed E-state index contributed by atoms with van der Waals surface area (Å²) in [6.07, 6.45) is 1.42. The summed E-state index contributed by atoms with van der Waals surface area (Å²) in [5.74, 6) is -0.573. The summed E-state index contributed by atoms with van der Waals surface area (Å²) in [6.45, 7) is 0.0730. The lowest BCUT2D eigenvalue weighted by atomic mass is 10.2. The first-order valence-electron chi connectivity index (χ1n) is 6.13. The van der Waals surface area contributed by atoms with Crippen molar-refractivity contribution in [3.05, 3.63) is 62.2 Å². The van der Waals surface area contributed by atoms with Gasteiger partial charge in [0.25, 0.3) is 5.56 Å². The number of hydrogen-bond donors (Lipinski definition) is 1. The standard InChI is InChI=1S/C14H13FN4O2/c1-18-8-10(13(20)19(2)14(18)21)7-17-12-4-3-9(6-16)5-11(12)15/h3-5,8,17H,7H2,1-2H3. The lowest BCUT2D eigenvalue weighted by Gasteiger charge is -2.09. The first kappa shape index (κ1) is 14.5. The molecule has 2 rings (SSSR count). The Morgan fingerprint density at radius 3 is 2.67 bits per heavy atom. The van der Waals surface area contributed by atoms with Crippen molar-refractivity contribution >= 4 is 5.69 Å². The average molecular weight is 288 g/mol. The second-order valence-corrected chi connectivity index (χ2v) is 4.57. The van der Waals surface area contributed by atoms with E-state index < -0.39 is 17.1 Å². The smallest absolute Gasteiger partial charge is 0.330 e. The molecule has 0 spiro atoms. The van der Waals surface area contributed by atoms with Gasteiger partial charge in [0.1, 0.15) is 5.82 Å². The summed E-state index contributed by atoms with van der Waals surface area (Å²) in [4.78, 5) is 23.5. The van der Waals surface area contributed by atoms with Crippen molar-refractivity contribution in [1.29, 1.82) is 5.26 Å². The van der Waals surface area contributed by atoms with Crippen LogP contribution in [0.1, 0.15) is 11.1 Å². The normalized spacial score (nSPS) is 10.2. The Kier molecular flexibility index (Phi) is 3.89. The summed E-state index contributed by atoms with van der Waals surface area (Å²) in [6, 6.07) is 5.86. The van der Waals surface area contributed by atoms with Crippen LogP contribution in [0.4, 0.5) is 10.1 Å². The van der Waals surface area contributed by atoms with Crippen LogP contribution in [-0.2, 0) is 20.6 Å². The van der Waals surface area contributed by atoms with Crippen molar-refractivity contribution in [2.45, 2.75) is 6.54 Å². The second kappa shape index (κ2) is 5.63. The first-order valence-corrected chi connectivity index (χ1v) is 6.13. The third-order valence-corrected chi connectivity index (χ3v) is 3.08. The molecule has 1 N–H and O–H groups in total. The van der Waals surface area contributed by atoms with Crippen molar-refractivity contribution in [3.8, 4) is 6.07 Å². The van der Waals surface area contributed by atoms with Crippen LogP contribution >= 0.6 is 0 Å². The van der Waals surface area contributed by atoms with Gasteiger partial charge in [-0.05, 0) is 18.2 Å². The highest BCUT2D eigenvalue weighted by molar-refractivity contribution is 5.49. The molecule has 0 radical (unpaired) electrons. The van der Waals surface area contributed by atoms with Crippen LogP contribution in [0.3, 0.4) is 0 Å². The lowest BCUT2D eigenvalue weighted by molar-refractivity contribution is 0.628. The van der Waals surface area contributed by atoms with Gasteiger partial charge < -0.3 is 9.88 Å². The number of nitriles is 1. The maximum atomic E-state index is 13.7. The molecule has 0 bridgehead atoms. The third-order valence-electron chi connectivity index (χ3n) is 3.08.